The van der Waals surface area contributed by atoms with Crippen molar-refractivity contribution in [1.82, 2.24) is 14.5 Å². The highest BCUT2D eigenvalue weighted by atomic mass is 16.5. The molecule has 0 radical (unpaired) electrons. The standard InChI is InChI=1S/C46H22N6O3/c1-47-28-21-38-44-40(23-28)55-41-24-29(48-2)22-39-45(41)52(44)43-36(53-38)19-27(20-37(43)54-39)26-16-17-35-32(18-26)30-12-7-9-15-34(30)51(35)46-49-33-14-8-6-13-31(33)42(50-46)25-10-4-3-5-11-25/h3-24H. The predicted molar refractivity (Wildman–Crippen MR) is 212 cm³/mol. The minimum Gasteiger partial charge on any atom is -0.455 e. The topological polar surface area (TPSA) is 70.4 Å². The van der Waals surface area contributed by atoms with Crippen LogP contribution in [-0.2, 0) is 0 Å². The van der Waals surface area contributed by atoms with E-state index in [1.54, 1.807) is 24.3 Å². The summed E-state index contributed by atoms with van der Waals surface area (Å²) < 4.78 is 21.6. The van der Waals surface area contributed by atoms with Crippen molar-refractivity contribution in [3.8, 4) is 62.8 Å². The van der Waals surface area contributed by atoms with Gasteiger partial charge in [-0.1, -0.05) is 72.8 Å². The predicted octanol–water partition coefficient (Wildman–Crippen LogP) is 12.9. The van der Waals surface area contributed by atoms with Crippen LogP contribution < -0.4 is 19.1 Å². The summed E-state index contributed by atoms with van der Waals surface area (Å²) in [5.74, 6) is 3.75. The molecule has 0 N–H and O–H groups in total. The van der Waals surface area contributed by atoms with E-state index < -0.39 is 0 Å². The second-order valence-electron chi connectivity index (χ2n) is 13.6. The van der Waals surface area contributed by atoms with Crippen LogP contribution in [0, 0.1) is 13.1 Å². The molecule has 12 rings (SSSR count). The van der Waals surface area contributed by atoms with Gasteiger partial charge in [0.05, 0.1) is 35.4 Å². The van der Waals surface area contributed by atoms with E-state index in [9.17, 15) is 0 Å². The summed E-state index contributed by atoms with van der Waals surface area (Å²) in [7, 11) is 0. The van der Waals surface area contributed by atoms with Crippen LogP contribution in [0.25, 0.3) is 70.7 Å². The molecule has 9 nitrogen and oxygen atoms in total. The van der Waals surface area contributed by atoms with Crippen LogP contribution in [0.3, 0.4) is 0 Å². The second kappa shape index (κ2) is 10.7. The molecular weight excluding hydrogens is 685 g/mol. The van der Waals surface area contributed by atoms with Crippen LogP contribution in [0.1, 0.15) is 0 Å². The Morgan fingerprint density at radius 3 is 1.64 bits per heavy atom. The number of nitrogens with zero attached hydrogens (tertiary/aromatic N) is 6. The number of anilines is 3. The third-order valence-corrected chi connectivity index (χ3v) is 10.5. The molecule has 0 atom stereocenters. The molecule has 0 saturated carbocycles. The molecular formula is C46H22N6O3. The number of hydrogen-bond donors (Lipinski definition) is 0. The zero-order chi connectivity index (χ0) is 36.4. The zero-order valence-corrected chi connectivity index (χ0v) is 28.6. The highest BCUT2D eigenvalue weighted by molar-refractivity contribution is 6.11. The summed E-state index contributed by atoms with van der Waals surface area (Å²) >= 11 is 0. The van der Waals surface area contributed by atoms with Gasteiger partial charge in [0.25, 0.3) is 0 Å². The van der Waals surface area contributed by atoms with Gasteiger partial charge in [-0.25, -0.2) is 19.7 Å². The maximum atomic E-state index is 7.74. The Balaban J connectivity index is 1.06. The quantitative estimate of drug-likeness (QED) is 0.170. The number of ether oxygens (including phenoxy) is 3. The van der Waals surface area contributed by atoms with Gasteiger partial charge in [-0.3, -0.25) is 9.47 Å². The molecule has 55 heavy (non-hydrogen) atoms. The molecule has 0 fully saturated rings. The first-order valence-electron chi connectivity index (χ1n) is 17.6. The molecule has 2 aromatic heterocycles. The number of rotatable bonds is 3. The molecule has 0 aliphatic carbocycles. The largest absolute Gasteiger partial charge is 0.455 e. The molecule has 5 heterocycles. The van der Waals surface area contributed by atoms with Gasteiger partial charge in [-0.05, 0) is 71.8 Å². The van der Waals surface area contributed by atoms with E-state index in [0.717, 1.165) is 60.8 Å². The maximum absolute atomic E-state index is 7.74. The molecule has 0 bridgehead atoms. The molecule has 0 saturated heterocycles. The van der Waals surface area contributed by atoms with E-state index in [2.05, 4.69) is 73.8 Å². The summed E-state index contributed by atoms with van der Waals surface area (Å²) in [6.07, 6.45) is 0. The van der Waals surface area contributed by atoms with Crippen molar-refractivity contribution in [3.63, 3.8) is 0 Å². The van der Waals surface area contributed by atoms with Crippen molar-refractivity contribution in [2.24, 2.45) is 0 Å². The minimum absolute atomic E-state index is 0.389. The van der Waals surface area contributed by atoms with Crippen molar-refractivity contribution < 1.29 is 14.2 Å². The lowest BCUT2D eigenvalue weighted by Crippen LogP contribution is -2.23. The molecule has 254 valence electrons. The average Bonchev–Trinajstić information content (AvgIpc) is 3.56. The van der Waals surface area contributed by atoms with Crippen molar-refractivity contribution in [2.45, 2.75) is 0 Å². The van der Waals surface area contributed by atoms with Crippen molar-refractivity contribution in [3.05, 3.63) is 156 Å². The molecule has 0 spiro atoms. The number of benzene rings is 7. The third-order valence-electron chi connectivity index (χ3n) is 10.5. The number of aromatic nitrogens is 3. The molecule has 3 aliphatic rings. The van der Waals surface area contributed by atoms with E-state index in [4.69, 9.17) is 37.3 Å². The van der Waals surface area contributed by atoms with E-state index in [-0.39, 0.29) is 0 Å². The van der Waals surface area contributed by atoms with Gasteiger partial charge in [0.1, 0.15) is 40.1 Å². The molecule has 7 aromatic carbocycles. The summed E-state index contributed by atoms with van der Waals surface area (Å²) in [5.41, 5.74) is 9.48. The Hall–Kier alpha value is -8.14. The van der Waals surface area contributed by atoms with Crippen molar-refractivity contribution in [2.75, 3.05) is 4.90 Å². The first kappa shape index (κ1) is 29.4. The molecule has 9 heteroatoms. The number of hydrogen-bond acceptors (Lipinski definition) is 6. The fourth-order valence-corrected chi connectivity index (χ4v) is 8.18. The SMILES string of the molecule is [C-]#[N+]c1cc2c3c(c1)Oc1cc(-c4ccc5c(c4)c4ccccc4n5-c4nc(-c5ccccc5)c5ccccc5n4)cc4c1N3c1c(cc([N+]#[C-])cc1O4)O2. The van der Waals surface area contributed by atoms with Crippen molar-refractivity contribution in [1.29, 1.82) is 0 Å². The Kier molecular flexibility index (Phi) is 5.73. The fraction of sp³-hybridized carbons (Fsp3) is 0. The van der Waals surface area contributed by atoms with Gasteiger partial charge in [0, 0.05) is 21.7 Å². The highest BCUT2D eigenvalue weighted by Gasteiger charge is 2.42. The molecule has 9 aromatic rings. The van der Waals surface area contributed by atoms with Gasteiger partial charge < -0.3 is 14.2 Å². The Bertz CT molecular complexity index is 3190. The van der Waals surface area contributed by atoms with Crippen LogP contribution >= 0.6 is 0 Å². The van der Waals surface area contributed by atoms with Crippen LogP contribution in [-0.4, -0.2) is 14.5 Å². The second-order valence-corrected chi connectivity index (χ2v) is 13.6. The summed E-state index contributed by atoms with van der Waals surface area (Å²) in [4.78, 5) is 19.8. The molecule has 3 aliphatic heterocycles. The van der Waals surface area contributed by atoms with Gasteiger partial charge in [-0.15, -0.1) is 0 Å². The number of para-hydroxylation sites is 2. The first-order chi connectivity index (χ1) is 27.1. The minimum atomic E-state index is 0.389. The Morgan fingerprint density at radius 2 is 1.00 bits per heavy atom. The summed E-state index contributed by atoms with van der Waals surface area (Å²) in [6, 6.07) is 44.0. The lowest BCUT2D eigenvalue weighted by Gasteiger charge is -2.42. The Labute approximate surface area is 313 Å². The molecule has 0 amide bonds. The fourth-order valence-electron chi connectivity index (χ4n) is 8.18. The van der Waals surface area contributed by atoms with Gasteiger partial charge in [-0.2, -0.15) is 0 Å². The van der Waals surface area contributed by atoms with Gasteiger partial charge >= 0.3 is 0 Å². The highest BCUT2D eigenvalue weighted by Crippen LogP contribution is 2.68. The van der Waals surface area contributed by atoms with E-state index in [1.165, 1.54) is 0 Å². The lowest BCUT2D eigenvalue weighted by atomic mass is 9.98. The van der Waals surface area contributed by atoms with Gasteiger partial charge in [0.15, 0.2) is 22.9 Å². The normalized spacial score (nSPS) is 12.7. The van der Waals surface area contributed by atoms with E-state index in [1.807, 2.05) is 54.6 Å². The maximum Gasteiger partial charge on any atom is 0.235 e. The van der Waals surface area contributed by atoms with Crippen molar-refractivity contribution >= 4 is 61.1 Å². The lowest BCUT2D eigenvalue weighted by molar-refractivity contribution is 0.419. The first-order valence-corrected chi connectivity index (χ1v) is 17.6. The van der Waals surface area contributed by atoms with E-state index in [0.29, 0.717) is 63.2 Å². The average molecular weight is 707 g/mol. The zero-order valence-electron chi connectivity index (χ0n) is 28.6. The van der Waals surface area contributed by atoms with Gasteiger partial charge in [0.2, 0.25) is 5.95 Å². The van der Waals surface area contributed by atoms with Crippen LogP contribution in [0.15, 0.2) is 133 Å². The van der Waals surface area contributed by atoms with Crippen LogP contribution in [0.2, 0.25) is 0 Å². The monoisotopic (exact) mass is 706 g/mol. The van der Waals surface area contributed by atoms with Crippen LogP contribution in [0.4, 0.5) is 28.4 Å². The summed E-state index contributed by atoms with van der Waals surface area (Å²) in [6.45, 7) is 15.5. The van der Waals surface area contributed by atoms with Crippen LogP contribution in [0.5, 0.6) is 34.5 Å². The number of fused-ring (bicyclic) bond motifs is 4. The molecule has 0 unspecified atom stereocenters. The third kappa shape index (κ3) is 4.09. The van der Waals surface area contributed by atoms with E-state index >= 15 is 0 Å². The Morgan fingerprint density at radius 1 is 0.455 bits per heavy atom. The summed E-state index contributed by atoms with van der Waals surface area (Å²) in [5, 5.41) is 3.10. The smallest absolute Gasteiger partial charge is 0.235 e.